The third kappa shape index (κ3) is 5.06. The summed E-state index contributed by atoms with van der Waals surface area (Å²) < 4.78 is 7.33. The van der Waals surface area contributed by atoms with Crippen molar-refractivity contribution in [2.24, 2.45) is 0 Å². The van der Waals surface area contributed by atoms with Gasteiger partial charge in [0.05, 0.1) is 32.2 Å². The van der Waals surface area contributed by atoms with Gasteiger partial charge in [0.1, 0.15) is 0 Å². The maximum Gasteiger partial charge on any atom is 0.259 e. The zero-order chi connectivity index (χ0) is 23.3. The van der Waals surface area contributed by atoms with E-state index < -0.39 is 0 Å². The van der Waals surface area contributed by atoms with Crippen molar-refractivity contribution >= 4 is 11.6 Å². The Morgan fingerprint density at radius 2 is 1.56 bits per heavy atom. The molecule has 2 aliphatic rings. The highest BCUT2D eigenvalue weighted by molar-refractivity contribution is 5.58. The molecular formula is C27H33N5O2. The summed E-state index contributed by atoms with van der Waals surface area (Å²) in [7, 11) is 0. The van der Waals surface area contributed by atoms with Gasteiger partial charge in [-0.15, -0.1) is 0 Å². The normalized spacial score (nSPS) is 17.0. The summed E-state index contributed by atoms with van der Waals surface area (Å²) >= 11 is 0. The van der Waals surface area contributed by atoms with E-state index in [-0.39, 0.29) is 5.56 Å². The lowest BCUT2D eigenvalue weighted by atomic mass is 10.1. The first-order valence-electron chi connectivity index (χ1n) is 12.2. The van der Waals surface area contributed by atoms with E-state index in [4.69, 9.17) is 9.72 Å². The second kappa shape index (κ2) is 10.5. The van der Waals surface area contributed by atoms with Crippen LogP contribution in [-0.4, -0.2) is 65.4 Å². The van der Waals surface area contributed by atoms with E-state index in [0.717, 1.165) is 80.9 Å². The second-order valence-electron chi connectivity index (χ2n) is 9.12. The molecule has 0 bridgehead atoms. The number of anilines is 2. The summed E-state index contributed by atoms with van der Waals surface area (Å²) in [4.78, 5) is 25.7. The Morgan fingerprint density at radius 1 is 0.882 bits per heavy atom. The van der Waals surface area contributed by atoms with Crippen LogP contribution >= 0.6 is 0 Å². The van der Waals surface area contributed by atoms with Gasteiger partial charge in [-0.05, 0) is 37.6 Å². The van der Waals surface area contributed by atoms with Crippen molar-refractivity contribution in [2.45, 2.75) is 26.4 Å². The maximum atomic E-state index is 13.7. The van der Waals surface area contributed by atoms with E-state index >= 15 is 0 Å². The predicted molar refractivity (Wildman–Crippen MR) is 135 cm³/mol. The Bertz CT molecular complexity index is 1140. The van der Waals surface area contributed by atoms with Crippen LogP contribution in [0, 0.1) is 6.92 Å². The second-order valence-corrected chi connectivity index (χ2v) is 9.12. The molecule has 0 spiro atoms. The largest absolute Gasteiger partial charge is 0.379 e. The molecule has 0 radical (unpaired) electrons. The molecule has 0 saturated carbocycles. The van der Waals surface area contributed by atoms with Crippen LogP contribution in [0.5, 0.6) is 0 Å². The maximum absolute atomic E-state index is 13.7. The molecule has 3 heterocycles. The molecule has 178 valence electrons. The summed E-state index contributed by atoms with van der Waals surface area (Å²) in [5, 5.41) is 0. The number of ether oxygens (including phenoxy) is 1. The van der Waals surface area contributed by atoms with E-state index in [1.54, 1.807) is 0 Å². The van der Waals surface area contributed by atoms with Gasteiger partial charge in [0.25, 0.3) is 5.56 Å². The number of rotatable bonds is 7. The van der Waals surface area contributed by atoms with E-state index in [2.05, 4.69) is 39.0 Å². The van der Waals surface area contributed by atoms with Crippen molar-refractivity contribution in [2.75, 3.05) is 51.0 Å². The van der Waals surface area contributed by atoms with Gasteiger partial charge in [-0.1, -0.05) is 48.5 Å². The van der Waals surface area contributed by atoms with E-state index in [1.165, 1.54) is 0 Å². The molecule has 7 nitrogen and oxygen atoms in total. The van der Waals surface area contributed by atoms with E-state index in [9.17, 15) is 4.79 Å². The molecule has 2 aromatic carbocycles. The smallest absolute Gasteiger partial charge is 0.259 e. The average molecular weight is 460 g/mol. The van der Waals surface area contributed by atoms with Crippen LogP contribution in [0.4, 0.5) is 11.6 Å². The molecule has 0 amide bonds. The van der Waals surface area contributed by atoms with Crippen LogP contribution in [0.3, 0.4) is 0 Å². The van der Waals surface area contributed by atoms with Crippen LogP contribution in [0.1, 0.15) is 23.2 Å². The summed E-state index contributed by atoms with van der Waals surface area (Å²) in [5.41, 5.74) is 3.82. The van der Waals surface area contributed by atoms with Gasteiger partial charge in [0.15, 0.2) is 0 Å². The number of hydrogen-bond donors (Lipinski definition) is 0. The molecule has 0 unspecified atom stereocenters. The molecule has 0 N–H and O–H groups in total. The highest BCUT2D eigenvalue weighted by Gasteiger charge is 2.28. The number of benzene rings is 2. The molecule has 0 aliphatic carbocycles. The van der Waals surface area contributed by atoms with Gasteiger partial charge < -0.3 is 4.74 Å². The highest BCUT2D eigenvalue weighted by atomic mass is 16.5. The molecule has 1 saturated heterocycles. The highest BCUT2D eigenvalue weighted by Crippen LogP contribution is 2.27. The molecule has 1 aromatic heterocycles. The van der Waals surface area contributed by atoms with Gasteiger partial charge in [-0.3, -0.25) is 24.1 Å². The minimum absolute atomic E-state index is 0.0603. The topological polar surface area (TPSA) is 53.8 Å². The number of hydrogen-bond acceptors (Lipinski definition) is 6. The molecule has 5 rings (SSSR count). The van der Waals surface area contributed by atoms with Crippen molar-refractivity contribution in [3.8, 4) is 0 Å². The van der Waals surface area contributed by atoms with Gasteiger partial charge >= 0.3 is 0 Å². The SMILES string of the molecule is Cc1nc2n(c(=O)c1Cc1ccccc1)CN(CCCN1CCOCC1)CN2c1ccccc1. The number of para-hydroxylation sites is 1. The van der Waals surface area contributed by atoms with E-state index in [1.807, 2.05) is 47.9 Å². The van der Waals surface area contributed by atoms with Crippen LogP contribution < -0.4 is 10.5 Å². The van der Waals surface area contributed by atoms with Crippen LogP contribution in [0.2, 0.25) is 0 Å². The van der Waals surface area contributed by atoms with Crippen LogP contribution in [0.25, 0.3) is 0 Å². The van der Waals surface area contributed by atoms with Crippen LogP contribution in [-0.2, 0) is 17.8 Å². The number of aromatic nitrogens is 2. The number of aryl methyl sites for hydroxylation is 1. The summed E-state index contributed by atoms with van der Waals surface area (Å²) in [6.45, 7) is 8.87. The van der Waals surface area contributed by atoms with Crippen LogP contribution in [0.15, 0.2) is 65.5 Å². The van der Waals surface area contributed by atoms with Gasteiger partial charge in [-0.25, -0.2) is 4.98 Å². The minimum Gasteiger partial charge on any atom is -0.379 e. The minimum atomic E-state index is 0.0603. The molecule has 0 atom stereocenters. The lowest BCUT2D eigenvalue weighted by molar-refractivity contribution is 0.0354. The molecule has 3 aromatic rings. The van der Waals surface area contributed by atoms with Crippen molar-refractivity contribution in [1.29, 1.82) is 0 Å². The third-order valence-electron chi connectivity index (χ3n) is 6.72. The van der Waals surface area contributed by atoms with Gasteiger partial charge in [-0.2, -0.15) is 0 Å². The van der Waals surface area contributed by atoms with Gasteiger partial charge in [0.2, 0.25) is 5.95 Å². The fourth-order valence-corrected chi connectivity index (χ4v) is 4.82. The molecule has 7 heteroatoms. The fourth-order valence-electron chi connectivity index (χ4n) is 4.82. The third-order valence-corrected chi connectivity index (χ3v) is 6.72. The average Bonchev–Trinajstić information content (AvgIpc) is 2.88. The summed E-state index contributed by atoms with van der Waals surface area (Å²) in [6, 6.07) is 20.4. The first-order chi connectivity index (χ1) is 16.7. The van der Waals surface area contributed by atoms with Crippen molar-refractivity contribution in [1.82, 2.24) is 19.4 Å². The summed E-state index contributed by atoms with van der Waals surface area (Å²) in [6.07, 6.45) is 1.66. The van der Waals surface area contributed by atoms with Gasteiger partial charge in [0, 0.05) is 37.3 Å². The first-order valence-corrected chi connectivity index (χ1v) is 12.2. The molecule has 2 aliphatic heterocycles. The fraction of sp³-hybridized carbons (Fsp3) is 0.407. The molecular weight excluding hydrogens is 426 g/mol. The quantitative estimate of drug-likeness (QED) is 0.541. The van der Waals surface area contributed by atoms with Crippen molar-refractivity contribution < 1.29 is 4.74 Å². The summed E-state index contributed by atoms with van der Waals surface area (Å²) in [5.74, 6) is 0.731. The predicted octanol–water partition coefficient (Wildman–Crippen LogP) is 3.23. The molecule has 1 fully saturated rings. The Kier molecular flexibility index (Phi) is 7.04. The molecule has 34 heavy (non-hydrogen) atoms. The Hall–Kier alpha value is -3.00. The number of morpholine rings is 1. The van der Waals surface area contributed by atoms with Crippen molar-refractivity contribution in [3.63, 3.8) is 0 Å². The number of fused-ring (bicyclic) bond motifs is 1. The zero-order valence-electron chi connectivity index (χ0n) is 19.9. The van der Waals surface area contributed by atoms with Crippen molar-refractivity contribution in [3.05, 3.63) is 87.8 Å². The standard InChI is InChI=1S/C27H33N5O2/c1-22-25(19-23-9-4-2-5-10-23)26(33)32-21-30(14-8-13-29-15-17-34-18-16-29)20-31(27(32)28-22)24-11-6-3-7-12-24/h2-7,9-12H,8,13-21H2,1H3. The lowest BCUT2D eigenvalue weighted by Crippen LogP contribution is -2.48. The Balaban J connectivity index is 1.42. The van der Waals surface area contributed by atoms with E-state index in [0.29, 0.717) is 13.1 Å². The monoisotopic (exact) mass is 459 g/mol. The zero-order valence-corrected chi connectivity index (χ0v) is 19.9. The first kappa shape index (κ1) is 22.8. The number of nitrogens with zero attached hydrogens (tertiary/aromatic N) is 5. The lowest BCUT2D eigenvalue weighted by Gasteiger charge is -2.39. The Labute approximate surface area is 201 Å². The Morgan fingerprint density at radius 3 is 2.29 bits per heavy atom.